The van der Waals surface area contributed by atoms with Gasteiger partial charge in [-0.3, -0.25) is 10.9 Å². The molecule has 0 amide bonds. The summed E-state index contributed by atoms with van der Waals surface area (Å²) in [6.45, 7) is 3.54. The molecule has 4 aromatic carbocycles. The summed E-state index contributed by atoms with van der Waals surface area (Å²) in [5.41, 5.74) is 10.4. The third kappa shape index (κ3) is 8.50. The number of hydrogen-bond donors (Lipinski definition) is 5. The van der Waals surface area contributed by atoms with Crippen molar-refractivity contribution >= 4 is 66.3 Å². The SMILES string of the molecule is CNS(=O)(=O)c1ccc(C(C)=NNc2nc(Nc3ccccc3)nc(NN=C(C)c3ccc(S(=O)(=O)NC)cc3)c2-c2ccccc2Cl)cc1. The second-order valence-electron chi connectivity index (χ2n) is 10.7. The second-order valence-corrected chi connectivity index (χ2v) is 14.9. The van der Waals surface area contributed by atoms with Crippen molar-refractivity contribution in [3.8, 4) is 11.1 Å². The molecule has 0 saturated carbocycles. The molecule has 0 atom stereocenters. The Morgan fingerprint density at radius 2 is 1.06 bits per heavy atom. The number of para-hydroxylation sites is 1. The van der Waals surface area contributed by atoms with Crippen LogP contribution in [-0.2, 0) is 20.0 Å². The monoisotopic (exact) mass is 731 g/mol. The zero-order valence-corrected chi connectivity index (χ0v) is 29.8. The molecule has 5 aromatic rings. The highest BCUT2D eigenvalue weighted by atomic mass is 35.5. The zero-order valence-electron chi connectivity index (χ0n) is 27.4. The van der Waals surface area contributed by atoms with Crippen molar-refractivity contribution in [2.45, 2.75) is 23.6 Å². The number of hydrogen-bond acceptors (Lipinski definition) is 11. The minimum atomic E-state index is -3.60. The standard InChI is InChI=1S/C34H34ClN9O4S2/c1-22(24-14-18-27(19-15-24)49(45,46)36-3)41-43-32-31(29-12-8-9-13-30(29)35)33(40-34(39-32)38-26-10-6-5-7-11-26)44-42-23(2)25-16-20-28(21-17-25)50(47,48)37-4/h5-21,36-37H,1-4H3,(H3,38,39,40,43,44). The zero-order chi connectivity index (χ0) is 35.9. The van der Waals surface area contributed by atoms with E-state index in [-0.39, 0.29) is 27.4 Å². The summed E-state index contributed by atoms with van der Waals surface area (Å²) in [6.07, 6.45) is 0. The van der Waals surface area contributed by atoms with Crippen LogP contribution in [0.1, 0.15) is 25.0 Å². The Balaban J connectivity index is 1.58. The van der Waals surface area contributed by atoms with Crippen molar-refractivity contribution < 1.29 is 16.8 Å². The van der Waals surface area contributed by atoms with E-state index in [1.165, 1.54) is 38.4 Å². The maximum absolute atomic E-state index is 12.2. The van der Waals surface area contributed by atoms with Crippen molar-refractivity contribution in [1.82, 2.24) is 19.4 Å². The largest absolute Gasteiger partial charge is 0.324 e. The predicted octanol–water partition coefficient (Wildman–Crippen LogP) is 6.03. The first-order valence-corrected chi connectivity index (χ1v) is 18.4. The van der Waals surface area contributed by atoms with Gasteiger partial charge < -0.3 is 5.32 Å². The molecule has 5 N–H and O–H groups in total. The van der Waals surface area contributed by atoms with E-state index in [0.717, 1.165) is 5.69 Å². The highest BCUT2D eigenvalue weighted by molar-refractivity contribution is 7.89. The number of halogens is 1. The first kappa shape index (κ1) is 36.1. The van der Waals surface area contributed by atoms with E-state index in [9.17, 15) is 16.8 Å². The molecule has 16 heteroatoms. The number of hydrazone groups is 2. The van der Waals surface area contributed by atoms with Gasteiger partial charge in [-0.1, -0.05) is 72.3 Å². The van der Waals surface area contributed by atoms with Gasteiger partial charge in [-0.05, 0) is 81.5 Å². The van der Waals surface area contributed by atoms with E-state index in [0.29, 0.717) is 38.7 Å². The van der Waals surface area contributed by atoms with E-state index in [1.54, 1.807) is 50.2 Å². The average Bonchev–Trinajstić information content (AvgIpc) is 3.13. The van der Waals surface area contributed by atoms with Crippen LogP contribution in [0, 0.1) is 0 Å². The highest BCUT2D eigenvalue weighted by Crippen LogP contribution is 2.38. The maximum Gasteiger partial charge on any atom is 0.240 e. The fourth-order valence-corrected chi connectivity index (χ4v) is 6.33. The van der Waals surface area contributed by atoms with Crippen LogP contribution in [0.3, 0.4) is 0 Å². The Bertz CT molecular complexity index is 2150. The Hall–Kier alpha value is -5.19. The van der Waals surface area contributed by atoms with E-state index in [1.807, 2.05) is 42.5 Å². The quantitative estimate of drug-likeness (QED) is 0.0714. The normalized spacial score (nSPS) is 12.4. The Morgan fingerprint density at radius 3 is 1.50 bits per heavy atom. The van der Waals surface area contributed by atoms with Crippen LogP contribution in [0.2, 0.25) is 5.02 Å². The van der Waals surface area contributed by atoms with Gasteiger partial charge >= 0.3 is 0 Å². The van der Waals surface area contributed by atoms with Gasteiger partial charge in [0.1, 0.15) is 0 Å². The molecule has 0 aliphatic heterocycles. The second kappa shape index (κ2) is 15.6. The van der Waals surface area contributed by atoms with Gasteiger partial charge in [-0.2, -0.15) is 20.2 Å². The van der Waals surface area contributed by atoms with Crippen LogP contribution >= 0.6 is 11.6 Å². The Morgan fingerprint density at radius 1 is 0.620 bits per heavy atom. The van der Waals surface area contributed by atoms with Crippen LogP contribution in [0.25, 0.3) is 11.1 Å². The molecule has 0 aliphatic rings. The lowest BCUT2D eigenvalue weighted by Crippen LogP contribution is -2.18. The number of sulfonamides is 2. The van der Waals surface area contributed by atoms with Crippen LogP contribution < -0.4 is 25.6 Å². The molecule has 1 heterocycles. The average molecular weight is 732 g/mol. The molecule has 0 fully saturated rings. The number of rotatable bonds is 13. The number of aromatic nitrogens is 2. The third-order valence-corrected chi connectivity index (χ3v) is 10.6. The molecule has 0 spiro atoms. The summed E-state index contributed by atoms with van der Waals surface area (Å²) in [5.74, 6) is 0.801. The Kier molecular flexibility index (Phi) is 11.2. The van der Waals surface area contributed by atoms with Crippen molar-refractivity contribution in [1.29, 1.82) is 0 Å². The number of nitrogens with one attached hydrogen (secondary N) is 5. The maximum atomic E-state index is 12.2. The molecule has 258 valence electrons. The summed E-state index contributed by atoms with van der Waals surface area (Å²) in [4.78, 5) is 9.77. The minimum absolute atomic E-state index is 0.128. The molecule has 0 unspecified atom stereocenters. The molecular formula is C34H34ClN9O4S2. The summed E-state index contributed by atoms with van der Waals surface area (Å²) in [5, 5.41) is 12.8. The molecule has 0 aliphatic carbocycles. The highest BCUT2D eigenvalue weighted by Gasteiger charge is 2.20. The lowest BCUT2D eigenvalue weighted by molar-refractivity contribution is 0.586. The summed E-state index contributed by atoms with van der Waals surface area (Å²) in [6, 6.07) is 29.2. The first-order valence-electron chi connectivity index (χ1n) is 15.1. The fraction of sp³-hybridized carbons (Fsp3) is 0.118. The van der Waals surface area contributed by atoms with Gasteiger partial charge in [-0.15, -0.1) is 0 Å². The fourth-order valence-electron chi connectivity index (χ4n) is 4.64. The van der Waals surface area contributed by atoms with Gasteiger partial charge in [-0.25, -0.2) is 26.3 Å². The molecule has 50 heavy (non-hydrogen) atoms. The van der Waals surface area contributed by atoms with Crippen molar-refractivity contribution in [2.24, 2.45) is 10.2 Å². The van der Waals surface area contributed by atoms with Crippen molar-refractivity contribution in [3.63, 3.8) is 0 Å². The number of nitrogens with zero attached hydrogens (tertiary/aromatic N) is 4. The minimum Gasteiger partial charge on any atom is -0.324 e. The smallest absolute Gasteiger partial charge is 0.240 e. The van der Waals surface area contributed by atoms with E-state index in [4.69, 9.17) is 21.6 Å². The van der Waals surface area contributed by atoms with Crippen LogP contribution in [0.5, 0.6) is 0 Å². The van der Waals surface area contributed by atoms with Gasteiger partial charge in [0.05, 0.1) is 26.8 Å². The summed E-state index contributed by atoms with van der Waals surface area (Å²) in [7, 11) is -4.49. The number of benzene rings is 4. The van der Waals surface area contributed by atoms with E-state index in [2.05, 4.69) is 35.8 Å². The van der Waals surface area contributed by atoms with Crippen molar-refractivity contribution in [2.75, 3.05) is 30.3 Å². The number of anilines is 4. The first-order chi connectivity index (χ1) is 23.9. The van der Waals surface area contributed by atoms with Gasteiger partial charge in [0, 0.05) is 16.3 Å². The van der Waals surface area contributed by atoms with E-state index >= 15 is 0 Å². The molecule has 5 rings (SSSR count). The third-order valence-electron chi connectivity index (χ3n) is 7.44. The van der Waals surface area contributed by atoms with Crippen LogP contribution in [0.15, 0.2) is 123 Å². The van der Waals surface area contributed by atoms with Crippen LogP contribution in [0.4, 0.5) is 23.3 Å². The molecular weight excluding hydrogens is 698 g/mol. The van der Waals surface area contributed by atoms with Gasteiger partial charge in [0.15, 0.2) is 11.6 Å². The molecule has 1 aromatic heterocycles. The molecule has 0 bridgehead atoms. The predicted molar refractivity (Wildman–Crippen MR) is 199 cm³/mol. The molecule has 0 radical (unpaired) electrons. The van der Waals surface area contributed by atoms with Crippen molar-refractivity contribution in [3.05, 3.63) is 119 Å². The lowest BCUT2D eigenvalue weighted by atomic mass is 10.1. The van der Waals surface area contributed by atoms with E-state index < -0.39 is 20.0 Å². The Labute approximate surface area is 296 Å². The topological polar surface area (TPSA) is 179 Å². The molecule has 0 saturated heterocycles. The van der Waals surface area contributed by atoms with Gasteiger partial charge in [0.25, 0.3) is 0 Å². The van der Waals surface area contributed by atoms with Crippen LogP contribution in [-0.4, -0.2) is 52.3 Å². The molecule has 13 nitrogen and oxygen atoms in total. The van der Waals surface area contributed by atoms with Gasteiger partial charge in [0.2, 0.25) is 26.0 Å². The lowest BCUT2D eigenvalue weighted by Gasteiger charge is -2.17. The summed E-state index contributed by atoms with van der Waals surface area (Å²) < 4.78 is 53.4. The summed E-state index contributed by atoms with van der Waals surface area (Å²) >= 11 is 6.71.